The summed E-state index contributed by atoms with van der Waals surface area (Å²) in [5.41, 5.74) is 0.812. The first kappa shape index (κ1) is 15.7. The summed E-state index contributed by atoms with van der Waals surface area (Å²) >= 11 is 4.72. The normalized spacial score (nSPS) is 29.1. The van der Waals surface area contributed by atoms with E-state index in [2.05, 4.69) is 30.7 Å². The van der Waals surface area contributed by atoms with Gasteiger partial charge in [0.25, 0.3) is 0 Å². The van der Waals surface area contributed by atoms with Crippen LogP contribution in [0.4, 0.5) is 0 Å². The fourth-order valence-electron chi connectivity index (χ4n) is 3.80. The summed E-state index contributed by atoms with van der Waals surface area (Å²) in [5.74, 6) is 1.07. The molecular formula is C16H32N2S. The maximum Gasteiger partial charge on any atom is 0.0277 e. The van der Waals surface area contributed by atoms with Crippen LogP contribution >= 0.6 is 12.6 Å². The zero-order chi connectivity index (χ0) is 13.9. The van der Waals surface area contributed by atoms with Gasteiger partial charge in [0.05, 0.1) is 0 Å². The molecule has 0 bridgehead atoms. The predicted molar refractivity (Wildman–Crippen MR) is 87.1 cm³/mol. The predicted octanol–water partition coefficient (Wildman–Crippen LogP) is 3.28. The minimum Gasteiger partial charge on any atom is -0.300 e. The van der Waals surface area contributed by atoms with E-state index < -0.39 is 0 Å². The molecule has 0 N–H and O–H groups in total. The third-order valence-electron chi connectivity index (χ3n) is 5.45. The SMILES string of the molecule is CN1CCN(CC2(CS)CCCCCC2)CC1(C)C. The first-order valence-electron chi connectivity index (χ1n) is 8.02. The van der Waals surface area contributed by atoms with Crippen LogP contribution in [0, 0.1) is 5.41 Å². The molecule has 2 aliphatic rings. The van der Waals surface area contributed by atoms with Gasteiger partial charge in [-0.3, -0.25) is 9.80 Å². The summed E-state index contributed by atoms with van der Waals surface area (Å²) in [4.78, 5) is 5.21. The first-order chi connectivity index (χ1) is 8.97. The highest BCUT2D eigenvalue weighted by Gasteiger charge is 2.36. The van der Waals surface area contributed by atoms with Gasteiger partial charge < -0.3 is 0 Å². The number of likely N-dealkylation sites (N-methyl/N-ethyl adjacent to an activating group) is 1. The van der Waals surface area contributed by atoms with Gasteiger partial charge in [0, 0.05) is 31.7 Å². The fraction of sp³-hybridized carbons (Fsp3) is 1.00. The molecule has 0 aromatic rings. The topological polar surface area (TPSA) is 6.48 Å². The van der Waals surface area contributed by atoms with Crippen LogP contribution in [-0.4, -0.2) is 54.3 Å². The molecule has 112 valence electrons. The minimum absolute atomic E-state index is 0.320. The van der Waals surface area contributed by atoms with Gasteiger partial charge in [-0.1, -0.05) is 25.7 Å². The molecule has 1 saturated carbocycles. The zero-order valence-electron chi connectivity index (χ0n) is 13.1. The van der Waals surface area contributed by atoms with Crippen molar-refractivity contribution >= 4 is 12.6 Å². The highest BCUT2D eigenvalue weighted by molar-refractivity contribution is 7.80. The van der Waals surface area contributed by atoms with E-state index in [1.54, 1.807) is 0 Å². The Bertz CT molecular complexity index is 282. The summed E-state index contributed by atoms with van der Waals surface area (Å²) < 4.78 is 0. The second kappa shape index (κ2) is 6.36. The Labute approximate surface area is 125 Å². The molecule has 2 rings (SSSR count). The Morgan fingerprint density at radius 2 is 1.63 bits per heavy atom. The lowest BCUT2D eigenvalue weighted by molar-refractivity contribution is 0.0169. The molecule has 0 radical (unpaired) electrons. The van der Waals surface area contributed by atoms with Gasteiger partial charge in [-0.15, -0.1) is 0 Å². The van der Waals surface area contributed by atoms with E-state index in [1.807, 2.05) is 0 Å². The number of rotatable bonds is 3. The smallest absolute Gasteiger partial charge is 0.0277 e. The zero-order valence-corrected chi connectivity index (χ0v) is 14.0. The van der Waals surface area contributed by atoms with Gasteiger partial charge >= 0.3 is 0 Å². The molecule has 0 amide bonds. The summed E-state index contributed by atoms with van der Waals surface area (Å²) in [6.07, 6.45) is 8.48. The van der Waals surface area contributed by atoms with Crippen molar-refractivity contribution in [2.75, 3.05) is 39.0 Å². The average molecular weight is 285 g/mol. The summed E-state index contributed by atoms with van der Waals surface area (Å²) in [6, 6.07) is 0. The Morgan fingerprint density at radius 1 is 1.00 bits per heavy atom. The largest absolute Gasteiger partial charge is 0.300 e. The van der Waals surface area contributed by atoms with Crippen LogP contribution in [0.2, 0.25) is 0 Å². The van der Waals surface area contributed by atoms with E-state index in [9.17, 15) is 0 Å². The van der Waals surface area contributed by atoms with Gasteiger partial charge in [-0.25, -0.2) is 0 Å². The molecule has 3 heteroatoms. The number of hydrogen-bond donors (Lipinski definition) is 1. The van der Waals surface area contributed by atoms with Crippen LogP contribution in [-0.2, 0) is 0 Å². The van der Waals surface area contributed by atoms with Crippen molar-refractivity contribution in [3.8, 4) is 0 Å². The van der Waals surface area contributed by atoms with Crippen molar-refractivity contribution in [1.29, 1.82) is 0 Å². The molecule has 2 nitrogen and oxygen atoms in total. The molecule has 0 aromatic carbocycles. The quantitative estimate of drug-likeness (QED) is 0.627. The van der Waals surface area contributed by atoms with E-state index in [-0.39, 0.29) is 0 Å². The number of thiol groups is 1. The van der Waals surface area contributed by atoms with Crippen LogP contribution in [0.3, 0.4) is 0 Å². The van der Waals surface area contributed by atoms with Crippen LogP contribution in [0.1, 0.15) is 52.4 Å². The molecule has 0 unspecified atom stereocenters. The van der Waals surface area contributed by atoms with Crippen molar-refractivity contribution in [1.82, 2.24) is 9.80 Å². The van der Waals surface area contributed by atoms with Crippen molar-refractivity contribution in [3.05, 3.63) is 0 Å². The molecular weight excluding hydrogens is 252 g/mol. The van der Waals surface area contributed by atoms with E-state index in [1.165, 1.54) is 64.7 Å². The fourth-order valence-corrected chi connectivity index (χ4v) is 4.21. The summed E-state index contributed by atoms with van der Waals surface area (Å²) in [7, 11) is 2.26. The third kappa shape index (κ3) is 3.89. The summed E-state index contributed by atoms with van der Waals surface area (Å²) in [6.45, 7) is 9.66. The lowest BCUT2D eigenvalue weighted by atomic mass is 9.81. The second-order valence-corrected chi connectivity index (χ2v) is 7.83. The molecule has 19 heavy (non-hydrogen) atoms. The van der Waals surface area contributed by atoms with E-state index in [4.69, 9.17) is 12.6 Å². The van der Waals surface area contributed by atoms with Crippen LogP contribution in [0.5, 0.6) is 0 Å². The molecule has 0 spiro atoms. The lowest BCUT2D eigenvalue weighted by Gasteiger charge is -2.48. The van der Waals surface area contributed by atoms with Gasteiger partial charge in [0.15, 0.2) is 0 Å². The molecule has 2 fully saturated rings. The van der Waals surface area contributed by atoms with Crippen molar-refractivity contribution in [2.24, 2.45) is 5.41 Å². The van der Waals surface area contributed by atoms with Gasteiger partial charge in [0.1, 0.15) is 0 Å². The maximum absolute atomic E-state index is 4.72. The molecule has 1 aliphatic carbocycles. The van der Waals surface area contributed by atoms with E-state index >= 15 is 0 Å². The standard InChI is InChI=1S/C16H32N2S/c1-15(2)12-18(11-10-17(15)3)13-16(14-19)8-6-4-5-7-9-16/h19H,4-14H2,1-3H3. The molecule has 0 aromatic heterocycles. The molecule has 1 saturated heterocycles. The number of piperazine rings is 1. The summed E-state index contributed by atoms with van der Waals surface area (Å²) in [5, 5.41) is 0. The van der Waals surface area contributed by atoms with E-state index in [0.29, 0.717) is 11.0 Å². The van der Waals surface area contributed by atoms with Gasteiger partial charge in [-0.2, -0.15) is 12.6 Å². The monoisotopic (exact) mass is 284 g/mol. The lowest BCUT2D eigenvalue weighted by Crippen LogP contribution is -2.59. The van der Waals surface area contributed by atoms with Crippen molar-refractivity contribution in [2.45, 2.75) is 57.9 Å². The van der Waals surface area contributed by atoms with Crippen molar-refractivity contribution < 1.29 is 0 Å². The Balaban J connectivity index is 1.98. The van der Waals surface area contributed by atoms with Crippen LogP contribution in [0.25, 0.3) is 0 Å². The van der Waals surface area contributed by atoms with E-state index in [0.717, 1.165) is 5.75 Å². The Hall–Kier alpha value is 0.270. The average Bonchev–Trinajstić information content (AvgIpc) is 2.60. The minimum atomic E-state index is 0.320. The van der Waals surface area contributed by atoms with Gasteiger partial charge in [0.2, 0.25) is 0 Å². The second-order valence-electron chi connectivity index (χ2n) is 7.52. The molecule has 0 atom stereocenters. The Morgan fingerprint density at radius 3 is 2.16 bits per heavy atom. The highest BCUT2D eigenvalue weighted by atomic mass is 32.1. The molecule has 1 aliphatic heterocycles. The molecule has 1 heterocycles. The van der Waals surface area contributed by atoms with Crippen molar-refractivity contribution in [3.63, 3.8) is 0 Å². The van der Waals surface area contributed by atoms with Crippen LogP contribution in [0.15, 0.2) is 0 Å². The maximum atomic E-state index is 4.72. The third-order valence-corrected chi connectivity index (χ3v) is 6.13. The Kier molecular flexibility index (Phi) is 5.24. The first-order valence-corrected chi connectivity index (χ1v) is 8.65. The highest BCUT2D eigenvalue weighted by Crippen LogP contribution is 2.37. The number of nitrogens with zero attached hydrogens (tertiary/aromatic N) is 2. The van der Waals surface area contributed by atoms with Crippen LogP contribution < -0.4 is 0 Å². The van der Waals surface area contributed by atoms with Gasteiger partial charge in [-0.05, 0) is 44.9 Å². The number of hydrogen-bond acceptors (Lipinski definition) is 3.